The molecule has 1 saturated carbocycles. The first-order chi connectivity index (χ1) is 7.40. The van der Waals surface area contributed by atoms with Gasteiger partial charge < -0.3 is 10.4 Å². The number of nitrogens with one attached hydrogen (secondary N) is 1. The maximum absolute atomic E-state index is 12.0. The first-order valence-corrected chi connectivity index (χ1v) is 5.36. The van der Waals surface area contributed by atoms with Crippen LogP contribution in [0.25, 0.3) is 0 Å². The summed E-state index contributed by atoms with van der Waals surface area (Å²) >= 11 is 0. The highest BCUT2D eigenvalue weighted by molar-refractivity contribution is 5.81. The van der Waals surface area contributed by atoms with Crippen molar-refractivity contribution < 1.29 is 23.1 Å². The molecule has 1 aliphatic rings. The van der Waals surface area contributed by atoms with Crippen LogP contribution in [0, 0.1) is 5.41 Å². The molecular formula is C10H16F3NO2. The lowest BCUT2D eigenvalue weighted by Gasteiger charge is -2.35. The van der Waals surface area contributed by atoms with E-state index in [2.05, 4.69) is 0 Å². The Morgan fingerprint density at radius 2 is 1.81 bits per heavy atom. The van der Waals surface area contributed by atoms with Gasteiger partial charge in [0.1, 0.15) is 0 Å². The molecule has 6 heteroatoms. The average molecular weight is 239 g/mol. The van der Waals surface area contributed by atoms with E-state index in [1.807, 2.05) is 5.32 Å². The van der Waals surface area contributed by atoms with Crippen LogP contribution in [0.5, 0.6) is 0 Å². The lowest BCUT2D eigenvalue weighted by atomic mass is 9.74. The van der Waals surface area contributed by atoms with Crippen molar-refractivity contribution in [1.82, 2.24) is 5.32 Å². The van der Waals surface area contributed by atoms with Gasteiger partial charge in [0.15, 0.2) is 0 Å². The third-order valence-electron chi connectivity index (χ3n) is 3.13. The molecule has 1 aliphatic carbocycles. The van der Waals surface area contributed by atoms with Crippen molar-refractivity contribution in [2.24, 2.45) is 5.41 Å². The Morgan fingerprint density at radius 1 is 1.25 bits per heavy atom. The molecule has 0 radical (unpaired) electrons. The third-order valence-corrected chi connectivity index (χ3v) is 3.13. The van der Waals surface area contributed by atoms with Gasteiger partial charge in [0.05, 0.1) is 6.61 Å². The van der Waals surface area contributed by atoms with E-state index in [-0.39, 0.29) is 13.2 Å². The molecule has 3 nitrogen and oxygen atoms in total. The zero-order valence-corrected chi connectivity index (χ0v) is 8.94. The Morgan fingerprint density at radius 3 is 2.25 bits per heavy atom. The minimum absolute atomic E-state index is 0.0954. The van der Waals surface area contributed by atoms with Crippen LogP contribution in [0.3, 0.4) is 0 Å². The van der Waals surface area contributed by atoms with E-state index in [0.717, 1.165) is 19.3 Å². The number of hydrogen-bond acceptors (Lipinski definition) is 2. The molecule has 0 atom stereocenters. The van der Waals surface area contributed by atoms with Crippen LogP contribution in [0.2, 0.25) is 0 Å². The predicted molar refractivity (Wildman–Crippen MR) is 51.7 cm³/mol. The maximum Gasteiger partial charge on any atom is 0.471 e. The molecule has 0 aromatic carbocycles. The van der Waals surface area contributed by atoms with Gasteiger partial charge in [-0.3, -0.25) is 4.79 Å². The Labute approximate surface area is 92.0 Å². The lowest BCUT2D eigenvalue weighted by molar-refractivity contribution is -0.174. The molecular weight excluding hydrogens is 223 g/mol. The molecule has 0 heterocycles. The second-order valence-electron chi connectivity index (χ2n) is 4.40. The number of rotatable bonds is 3. The number of aliphatic hydroxyl groups excluding tert-OH is 1. The van der Waals surface area contributed by atoms with Crippen molar-refractivity contribution in [3.63, 3.8) is 0 Å². The normalized spacial score (nSPS) is 20.5. The molecule has 0 aromatic heterocycles. The molecule has 2 N–H and O–H groups in total. The molecule has 94 valence electrons. The summed E-state index contributed by atoms with van der Waals surface area (Å²) in [5.41, 5.74) is -0.556. The van der Waals surface area contributed by atoms with Crippen LogP contribution in [0.4, 0.5) is 13.2 Å². The minimum Gasteiger partial charge on any atom is -0.396 e. The van der Waals surface area contributed by atoms with Crippen LogP contribution in [-0.2, 0) is 4.79 Å². The molecule has 1 fully saturated rings. The quantitative estimate of drug-likeness (QED) is 0.786. The summed E-state index contributed by atoms with van der Waals surface area (Å²) in [6.45, 7) is -0.271. The second-order valence-corrected chi connectivity index (χ2v) is 4.40. The smallest absolute Gasteiger partial charge is 0.396 e. The summed E-state index contributed by atoms with van der Waals surface area (Å²) in [6.07, 6.45) is -0.686. The first-order valence-electron chi connectivity index (χ1n) is 5.36. The van der Waals surface area contributed by atoms with E-state index in [1.54, 1.807) is 0 Å². The zero-order valence-electron chi connectivity index (χ0n) is 8.94. The van der Waals surface area contributed by atoms with Crippen LogP contribution in [0.1, 0.15) is 32.1 Å². The lowest BCUT2D eigenvalue weighted by Crippen LogP contribution is -2.45. The van der Waals surface area contributed by atoms with Gasteiger partial charge in [0.2, 0.25) is 0 Å². The third kappa shape index (κ3) is 3.37. The molecule has 1 amide bonds. The Hall–Kier alpha value is -0.780. The number of alkyl halides is 3. The summed E-state index contributed by atoms with van der Waals surface area (Å²) in [4.78, 5) is 10.6. The fourth-order valence-electron chi connectivity index (χ4n) is 2.06. The number of amides is 1. The molecule has 16 heavy (non-hydrogen) atoms. The van der Waals surface area contributed by atoms with Gasteiger partial charge >= 0.3 is 12.1 Å². The molecule has 0 aromatic rings. The Kier molecular flexibility index (Phi) is 4.18. The van der Waals surface area contributed by atoms with E-state index < -0.39 is 17.5 Å². The van der Waals surface area contributed by atoms with E-state index in [0.29, 0.717) is 12.8 Å². The summed E-state index contributed by atoms with van der Waals surface area (Å²) in [5.74, 6) is -1.93. The second kappa shape index (κ2) is 5.03. The van der Waals surface area contributed by atoms with Crippen molar-refractivity contribution in [3.05, 3.63) is 0 Å². The summed E-state index contributed by atoms with van der Waals surface area (Å²) < 4.78 is 35.9. The van der Waals surface area contributed by atoms with Crippen LogP contribution in [0.15, 0.2) is 0 Å². The Balaban J connectivity index is 2.48. The van der Waals surface area contributed by atoms with Gasteiger partial charge in [0.25, 0.3) is 0 Å². The summed E-state index contributed by atoms with van der Waals surface area (Å²) in [6, 6.07) is 0. The number of halogens is 3. The standard InChI is InChI=1S/C10H16F3NO2/c11-10(12,13)8(16)14-6-9(7-15)4-2-1-3-5-9/h15H,1-7H2,(H,14,16). The molecule has 0 aliphatic heterocycles. The van der Waals surface area contributed by atoms with E-state index in [4.69, 9.17) is 0 Å². The van der Waals surface area contributed by atoms with E-state index in [9.17, 15) is 23.1 Å². The van der Waals surface area contributed by atoms with E-state index in [1.165, 1.54) is 0 Å². The van der Waals surface area contributed by atoms with Gasteiger partial charge in [-0.2, -0.15) is 13.2 Å². The average Bonchev–Trinajstić information content (AvgIpc) is 2.26. The van der Waals surface area contributed by atoms with Gasteiger partial charge in [-0.15, -0.1) is 0 Å². The van der Waals surface area contributed by atoms with Crippen molar-refractivity contribution in [2.75, 3.05) is 13.2 Å². The molecule has 0 unspecified atom stereocenters. The SMILES string of the molecule is O=C(NCC1(CO)CCCCC1)C(F)(F)F. The maximum atomic E-state index is 12.0. The van der Waals surface area contributed by atoms with Crippen LogP contribution >= 0.6 is 0 Å². The highest BCUT2D eigenvalue weighted by atomic mass is 19.4. The summed E-state index contributed by atoms with van der Waals surface area (Å²) in [5, 5.41) is 11.1. The van der Waals surface area contributed by atoms with Crippen molar-refractivity contribution in [1.29, 1.82) is 0 Å². The topological polar surface area (TPSA) is 49.3 Å². The number of carbonyl (C=O) groups excluding carboxylic acids is 1. The van der Waals surface area contributed by atoms with Crippen LogP contribution < -0.4 is 5.32 Å². The van der Waals surface area contributed by atoms with Crippen molar-refractivity contribution in [3.8, 4) is 0 Å². The van der Waals surface area contributed by atoms with Crippen molar-refractivity contribution >= 4 is 5.91 Å². The van der Waals surface area contributed by atoms with Gasteiger partial charge in [-0.25, -0.2) is 0 Å². The largest absolute Gasteiger partial charge is 0.471 e. The molecule has 0 bridgehead atoms. The highest BCUT2D eigenvalue weighted by Gasteiger charge is 2.40. The van der Waals surface area contributed by atoms with Crippen molar-refractivity contribution in [2.45, 2.75) is 38.3 Å². The predicted octanol–water partition coefficient (Wildman–Crippen LogP) is 1.61. The fourth-order valence-corrected chi connectivity index (χ4v) is 2.06. The first kappa shape index (κ1) is 13.3. The zero-order chi connectivity index (χ0) is 12.2. The number of carbonyl (C=O) groups is 1. The van der Waals surface area contributed by atoms with Gasteiger partial charge in [0, 0.05) is 12.0 Å². The Bertz CT molecular complexity index is 247. The molecule has 1 rings (SSSR count). The van der Waals surface area contributed by atoms with Gasteiger partial charge in [-0.1, -0.05) is 19.3 Å². The van der Waals surface area contributed by atoms with Crippen LogP contribution in [-0.4, -0.2) is 30.3 Å². The molecule has 0 saturated heterocycles. The number of hydrogen-bond donors (Lipinski definition) is 2. The van der Waals surface area contributed by atoms with Gasteiger partial charge in [-0.05, 0) is 12.8 Å². The summed E-state index contributed by atoms with van der Waals surface area (Å²) in [7, 11) is 0. The minimum atomic E-state index is -4.84. The fraction of sp³-hybridized carbons (Fsp3) is 0.900. The van der Waals surface area contributed by atoms with E-state index >= 15 is 0 Å². The molecule has 0 spiro atoms. The monoisotopic (exact) mass is 239 g/mol. The number of aliphatic hydroxyl groups is 1. The highest BCUT2D eigenvalue weighted by Crippen LogP contribution is 2.35.